The van der Waals surface area contributed by atoms with Crippen LogP contribution in [0.15, 0.2) is 24.3 Å². The quantitative estimate of drug-likeness (QED) is 0.468. The first-order chi connectivity index (χ1) is 9.53. The van der Waals surface area contributed by atoms with E-state index in [9.17, 15) is 28.4 Å². The fourth-order valence-electron chi connectivity index (χ4n) is 1.31. The Morgan fingerprint density at radius 2 is 1.90 bits per heavy atom. The molecule has 21 heavy (non-hydrogen) atoms. The molecule has 0 aliphatic heterocycles. The van der Waals surface area contributed by atoms with Gasteiger partial charge in [-0.05, 0) is 12.5 Å². The Balaban J connectivity index is 2.72. The second kappa shape index (κ2) is 6.16. The number of non-ortho nitro benzene ring substituents is 1. The van der Waals surface area contributed by atoms with Crippen LogP contribution < -0.4 is 4.72 Å². The molecule has 1 unspecified atom stereocenters. The SMILES string of the molecule is CC(O)(CNS(=O)(=O)Cc1ccc([N+](=O)[O-])cc1)C(=O)O. The van der Waals surface area contributed by atoms with E-state index < -0.39 is 38.8 Å². The number of carbonyl (C=O) groups is 1. The first-order valence-corrected chi connectivity index (χ1v) is 7.35. The van der Waals surface area contributed by atoms with Crippen molar-refractivity contribution in [1.82, 2.24) is 4.72 Å². The zero-order valence-electron chi connectivity index (χ0n) is 11.0. The molecular weight excluding hydrogens is 304 g/mol. The van der Waals surface area contributed by atoms with E-state index in [4.69, 9.17) is 5.11 Å². The van der Waals surface area contributed by atoms with Crippen LogP contribution >= 0.6 is 0 Å². The standard InChI is InChI=1S/C11H14N2O7S/c1-11(16,10(14)15)7-12-21(19,20)6-8-2-4-9(5-3-8)13(17)18/h2-5,12,16H,6-7H2,1H3,(H,14,15). The number of nitro benzene ring substituents is 1. The molecule has 0 radical (unpaired) electrons. The van der Waals surface area contributed by atoms with Crippen molar-refractivity contribution in [3.05, 3.63) is 39.9 Å². The molecule has 1 aromatic carbocycles. The van der Waals surface area contributed by atoms with Crippen LogP contribution in [0.5, 0.6) is 0 Å². The third-order valence-corrected chi connectivity index (χ3v) is 3.90. The van der Waals surface area contributed by atoms with Crippen LogP contribution in [0.2, 0.25) is 0 Å². The maximum absolute atomic E-state index is 11.7. The topological polar surface area (TPSA) is 147 Å². The Labute approximate surface area is 120 Å². The predicted octanol–water partition coefficient (Wildman–Crippen LogP) is -0.150. The molecule has 0 aromatic heterocycles. The van der Waals surface area contributed by atoms with E-state index >= 15 is 0 Å². The van der Waals surface area contributed by atoms with E-state index in [1.165, 1.54) is 12.1 Å². The molecule has 116 valence electrons. The van der Waals surface area contributed by atoms with E-state index in [-0.39, 0.29) is 5.69 Å². The Hall–Kier alpha value is -2.04. The van der Waals surface area contributed by atoms with E-state index in [0.717, 1.165) is 19.1 Å². The second-order valence-corrected chi connectivity index (χ2v) is 6.39. The minimum absolute atomic E-state index is 0.169. The lowest BCUT2D eigenvalue weighted by Crippen LogP contribution is -2.46. The summed E-state index contributed by atoms with van der Waals surface area (Å²) >= 11 is 0. The Morgan fingerprint density at radius 1 is 1.38 bits per heavy atom. The Morgan fingerprint density at radius 3 is 2.33 bits per heavy atom. The minimum Gasteiger partial charge on any atom is -0.479 e. The van der Waals surface area contributed by atoms with Crippen LogP contribution in [0.25, 0.3) is 0 Å². The molecule has 9 nitrogen and oxygen atoms in total. The third kappa shape index (κ3) is 5.10. The van der Waals surface area contributed by atoms with E-state index in [1.807, 2.05) is 4.72 Å². The van der Waals surface area contributed by atoms with Crippen molar-refractivity contribution in [3.63, 3.8) is 0 Å². The van der Waals surface area contributed by atoms with Gasteiger partial charge >= 0.3 is 5.97 Å². The predicted molar refractivity (Wildman–Crippen MR) is 72.0 cm³/mol. The summed E-state index contributed by atoms with van der Waals surface area (Å²) in [5.74, 6) is -2.04. The van der Waals surface area contributed by atoms with Gasteiger partial charge in [0.1, 0.15) is 0 Å². The summed E-state index contributed by atoms with van der Waals surface area (Å²) in [7, 11) is -3.88. The van der Waals surface area contributed by atoms with Crippen LogP contribution in [0.4, 0.5) is 5.69 Å². The van der Waals surface area contributed by atoms with Crippen LogP contribution in [-0.4, -0.2) is 41.7 Å². The van der Waals surface area contributed by atoms with Gasteiger partial charge in [0.05, 0.1) is 10.7 Å². The first-order valence-electron chi connectivity index (χ1n) is 5.70. The summed E-state index contributed by atoms with van der Waals surface area (Å²) in [5, 5.41) is 28.5. The number of benzene rings is 1. The number of nitrogens with zero attached hydrogens (tertiary/aromatic N) is 1. The fourth-order valence-corrected chi connectivity index (χ4v) is 2.54. The highest BCUT2D eigenvalue weighted by molar-refractivity contribution is 7.88. The zero-order valence-corrected chi connectivity index (χ0v) is 11.8. The molecule has 0 bridgehead atoms. The fraction of sp³-hybridized carbons (Fsp3) is 0.364. The average molecular weight is 318 g/mol. The maximum atomic E-state index is 11.7. The Kier molecular flexibility index (Phi) is 4.99. The normalized spacial score (nSPS) is 14.4. The number of rotatable bonds is 7. The maximum Gasteiger partial charge on any atom is 0.336 e. The lowest BCUT2D eigenvalue weighted by Gasteiger charge is -2.18. The Bertz CT molecular complexity index is 637. The molecule has 0 amide bonds. The average Bonchev–Trinajstić information content (AvgIpc) is 2.37. The number of nitro groups is 1. The van der Waals surface area contributed by atoms with Crippen LogP contribution in [-0.2, 0) is 20.6 Å². The molecule has 1 atom stereocenters. The number of carboxylic acid groups (broad SMARTS) is 1. The summed E-state index contributed by atoms with van der Waals surface area (Å²) in [6.07, 6.45) is 0. The largest absolute Gasteiger partial charge is 0.479 e. The summed E-state index contributed by atoms with van der Waals surface area (Å²) in [6.45, 7) is 0.279. The van der Waals surface area contributed by atoms with Crippen molar-refractivity contribution in [1.29, 1.82) is 0 Å². The molecule has 0 aliphatic carbocycles. The van der Waals surface area contributed by atoms with Gasteiger partial charge in [-0.25, -0.2) is 17.9 Å². The van der Waals surface area contributed by atoms with Gasteiger partial charge in [0.2, 0.25) is 10.0 Å². The van der Waals surface area contributed by atoms with Crippen LogP contribution in [0, 0.1) is 10.1 Å². The molecule has 10 heteroatoms. The summed E-state index contributed by atoms with van der Waals surface area (Å²) in [5.41, 5.74) is -2.09. The van der Waals surface area contributed by atoms with Gasteiger partial charge in [-0.3, -0.25) is 10.1 Å². The molecular formula is C11H14N2O7S. The van der Waals surface area contributed by atoms with Crippen molar-refractivity contribution < 1.29 is 28.3 Å². The van der Waals surface area contributed by atoms with E-state index in [1.54, 1.807) is 0 Å². The van der Waals surface area contributed by atoms with Gasteiger partial charge < -0.3 is 10.2 Å². The van der Waals surface area contributed by atoms with Crippen molar-refractivity contribution in [2.45, 2.75) is 18.3 Å². The monoisotopic (exact) mass is 318 g/mol. The van der Waals surface area contributed by atoms with E-state index in [0.29, 0.717) is 5.56 Å². The van der Waals surface area contributed by atoms with Crippen LogP contribution in [0.1, 0.15) is 12.5 Å². The number of nitrogens with one attached hydrogen (secondary N) is 1. The minimum atomic E-state index is -3.88. The molecule has 0 saturated carbocycles. The first kappa shape index (κ1) is 17.0. The molecule has 0 fully saturated rings. The van der Waals surface area contributed by atoms with Crippen molar-refractivity contribution in [2.24, 2.45) is 0 Å². The van der Waals surface area contributed by atoms with Crippen LogP contribution in [0.3, 0.4) is 0 Å². The lowest BCUT2D eigenvalue weighted by molar-refractivity contribution is -0.384. The number of aliphatic carboxylic acids is 1. The van der Waals surface area contributed by atoms with Gasteiger partial charge in [-0.2, -0.15) is 0 Å². The third-order valence-electron chi connectivity index (χ3n) is 2.60. The summed E-state index contributed by atoms with van der Waals surface area (Å²) in [4.78, 5) is 20.5. The zero-order chi connectivity index (χ0) is 16.3. The summed E-state index contributed by atoms with van der Waals surface area (Å²) < 4.78 is 25.5. The van der Waals surface area contributed by atoms with Gasteiger partial charge in [-0.15, -0.1) is 0 Å². The van der Waals surface area contributed by atoms with Crippen molar-refractivity contribution in [3.8, 4) is 0 Å². The smallest absolute Gasteiger partial charge is 0.336 e. The molecule has 0 spiro atoms. The highest BCUT2D eigenvalue weighted by atomic mass is 32.2. The molecule has 0 heterocycles. The van der Waals surface area contributed by atoms with Gasteiger partial charge in [-0.1, -0.05) is 12.1 Å². The molecule has 0 saturated heterocycles. The molecule has 1 rings (SSSR count). The lowest BCUT2D eigenvalue weighted by atomic mass is 10.1. The van der Waals surface area contributed by atoms with Gasteiger partial charge in [0.25, 0.3) is 5.69 Å². The number of hydrogen-bond acceptors (Lipinski definition) is 6. The molecule has 0 aliphatic rings. The van der Waals surface area contributed by atoms with Crippen molar-refractivity contribution >= 4 is 21.7 Å². The van der Waals surface area contributed by atoms with Gasteiger partial charge in [0.15, 0.2) is 5.60 Å². The highest BCUT2D eigenvalue weighted by Gasteiger charge is 2.31. The second-order valence-electron chi connectivity index (χ2n) is 4.58. The molecule has 3 N–H and O–H groups in total. The van der Waals surface area contributed by atoms with Crippen molar-refractivity contribution in [2.75, 3.05) is 6.54 Å². The number of carboxylic acids is 1. The molecule has 1 aromatic rings. The number of hydrogen-bond donors (Lipinski definition) is 3. The van der Waals surface area contributed by atoms with E-state index in [2.05, 4.69) is 0 Å². The summed E-state index contributed by atoms with van der Waals surface area (Å²) in [6, 6.07) is 4.90. The highest BCUT2D eigenvalue weighted by Crippen LogP contribution is 2.14. The number of sulfonamides is 1. The number of aliphatic hydroxyl groups is 1. The van der Waals surface area contributed by atoms with Gasteiger partial charge in [0, 0.05) is 18.7 Å².